The van der Waals surface area contributed by atoms with E-state index in [4.69, 9.17) is 15.9 Å². The summed E-state index contributed by atoms with van der Waals surface area (Å²) in [5.41, 5.74) is 5.50. The van der Waals surface area contributed by atoms with Gasteiger partial charge in [0.25, 0.3) is 5.56 Å². The highest BCUT2D eigenvalue weighted by atomic mass is 16.3. The highest BCUT2D eigenvalue weighted by Crippen LogP contribution is 2.18. The minimum atomic E-state index is -0.341. The van der Waals surface area contributed by atoms with Gasteiger partial charge in [-0.1, -0.05) is 0 Å². The first-order valence-electron chi connectivity index (χ1n) is 5.02. The molecule has 0 unspecified atom stereocenters. The number of aliphatic hydroxyl groups is 2. The van der Waals surface area contributed by atoms with Gasteiger partial charge in [0.15, 0.2) is 5.82 Å². The van der Waals surface area contributed by atoms with Crippen LogP contribution in [-0.2, 0) is 13.1 Å². The summed E-state index contributed by atoms with van der Waals surface area (Å²) in [4.78, 5) is 13.5. The maximum atomic E-state index is 11.8. The van der Waals surface area contributed by atoms with Gasteiger partial charge in [0.1, 0.15) is 5.69 Å². The first kappa shape index (κ1) is 12.6. The Morgan fingerprint density at radius 2 is 1.69 bits per heavy atom. The number of hydrogen-bond donors (Lipinski definition) is 3. The van der Waals surface area contributed by atoms with Crippen molar-refractivity contribution in [2.24, 2.45) is 0 Å². The topological polar surface area (TPSA) is 96.6 Å². The zero-order chi connectivity index (χ0) is 12.3. The minimum Gasteiger partial charge on any atom is -0.394 e. The third-order valence-electron chi connectivity index (χ3n) is 2.29. The maximum absolute atomic E-state index is 11.8. The van der Waals surface area contributed by atoms with Crippen molar-refractivity contribution in [1.82, 2.24) is 9.36 Å². The fourth-order valence-electron chi connectivity index (χ4n) is 1.71. The van der Waals surface area contributed by atoms with Crippen molar-refractivity contribution in [3.8, 4) is 0 Å². The normalized spacial score (nSPS) is 10.8. The molecule has 1 aromatic rings. The summed E-state index contributed by atoms with van der Waals surface area (Å²) < 4.78 is 2.91. The third kappa shape index (κ3) is 2.05. The Hall–Kier alpha value is -1.47. The van der Waals surface area contributed by atoms with Gasteiger partial charge in [0.2, 0.25) is 0 Å². The molecule has 92 valence electrons. The van der Waals surface area contributed by atoms with E-state index in [0.717, 1.165) is 0 Å². The lowest BCUT2D eigenvalue weighted by atomic mass is 10.5. The molecular weight excluding hydrogens is 212 g/mol. The molecule has 0 aliphatic heterocycles. The van der Waals surface area contributed by atoms with E-state index in [2.05, 4.69) is 0 Å². The molecule has 7 nitrogen and oxygen atoms in total. The van der Waals surface area contributed by atoms with Crippen molar-refractivity contribution >= 4 is 11.5 Å². The van der Waals surface area contributed by atoms with E-state index in [9.17, 15) is 4.79 Å². The second-order valence-corrected chi connectivity index (χ2v) is 3.63. The van der Waals surface area contributed by atoms with Gasteiger partial charge in [-0.3, -0.25) is 9.48 Å². The summed E-state index contributed by atoms with van der Waals surface area (Å²) in [6.45, 7) is 0.179. The number of nitrogen functional groups attached to an aromatic ring is 1. The van der Waals surface area contributed by atoms with Crippen LogP contribution in [0.15, 0.2) is 4.79 Å². The van der Waals surface area contributed by atoms with Gasteiger partial charge < -0.3 is 20.8 Å². The zero-order valence-corrected chi connectivity index (χ0v) is 9.55. The van der Waals surface area contributed by atoms with Gasteiger partial charge in [-0.2, -0.15) is 0 Å². The summed E-state index contributed by atoms with van der Waals surface area (Å²) in [5.74, 6) is 0.549. The van der Waals surface area contributed by atoms with E-state index in [1.165, 1.54) is 4.68 Å². The monoisotopic (exact) mass is 230 g/mol. The van der Waals surface area contributed by atoms with E-state index < -0.39 is 0 Å². The Labute approximate surface area is 93.3 Å². The Morgan fingerprint density at radius 1 is 1.19 bits per heavy atom. The molecule has 0 bridgehead atoms. The van der Waals surface area contributed by atoms with Crippen LogP contribution in [0.25, 0.3) is 0 Å². The highest BCUT2D eigenvalue weighted by molar-refractivity contribution is 5.61. The summed E-state index contributed by atoms with van der Waals surface area (Å²) in [5, 5.41) is 17.8. The Kier molecular flexibility index (Phi) is 3.97. The Bertz CT molecular complexity index is 408. The SMILES string of the molecule is CN(C)c1c(N)c(=O)n(CCO)n1CCO. The van der Waals surface area contributed by atoms with Crippen LogP contribution in [0.3, 0.4) is 0 Å². The second kappa shape index (κ2) is 5.04. The van der Waals surface area contributed by atoms with Crippen LogP contribution in [0, 0.1) is 0 Å². The molecule has 1 rings (SSSR count). The second-order valence-electron chi connectivity index (χ2n) is 3.63. The molecule has 0 fully saturated rings. The van der Waals surface area contributed by atoms with Gasteiger partial charge >= 0.3 is 0 Å². The number of nitrogens with zero attached hydrogens (tertiary/aromatic N) is 3. The molecule has 1 heterocycles. The molecule has 0 aliphatic rings. The molecule has 0 spiro atoms. The Balaban J connectivity index is 3.36. The third-order valence-corrected chi connectivity index (χ3v) is 2.29. The standard InChI is InChI=1S/C9H18N4O3/c1-11(2)8-7(10)9(16)13(4-6-15)12(8)3-5-14/h14-15H,3-6,10H2,1-2H3. The van der Waals surface area contributed by atoms with E-state index in [1.54, 1.807) is 23.7 Å². The fraction of sp³-hybridized carbons (Fsp3) is 0.667. The maximum Gasteiger partial charge on any atom is 0.292 e. The lowest BCUT2D eigenvalue weighted by molar-refractivity contribution is 0.229. The predicted octanol–water partition coefficient (Wildman–Crippen LogP) is -1.72. The summed E-state index contributed by atoms with van der Waals surface area (Å²) >= 11 is 0. The quantitative estimate of drug-likeness (QED) is 0.559. The molecule has 0 atom stereocenters. The van der Waals surface area contributed by atoms with Crippen LogP contribution >= 0.6 is 0 Å². The van der Waals surface area contributed by atoms with Crippen LogP contribution in [0.1, 0.15) is 0 Å². The number of aliphatic hydroxyl groups excluding tert-OH is 2. The van der Waals surface area contributed by atoms with Gasteiger partial charge in [0, 0.05) is 14.1 Å². The molecule has 0 saturated heterocycles. The van der Waals surface area contributed by atoms with E-state index in [-0.39, 0.29) is 37.5 Å². The van der Waals surface area contributed by atoms with Crippen molar-refractivity contribution in [1.29, 1.82) is 0 Å². The van der Waals surface area contributed by atoms with Gasteiger partial charge in [0.05, 0.1) is 26.3 Å². The number of aromatic nitrogens is 2. The van der Waals surface area contributed by atoms with Crippen molar-refractivity contribution in [2.75, 3.05) is 37.9 Å². The van der Waals surface area contributed by atoms with Crippen LogP contribution < -0.4 is 16.2 Å². The first-order chi connectivity index (χ1) is 7.54. The summed E-state index contributed by atoms with van der Waals surface area (Å²) in [6, 6.07) is 0. The van der Waals surface area contributed by atoms with Crippen molar-refractivity contribution in [2.45, 2.75) is 13.1 Å². The fourth-order valence-corrected chi connectivity index (χ4v) is 1.71. The predicted molar refractivity (Wildman–Crippen MR) is 61.6 cm³/mol. The van der Waals surface area contributed by atoms with Gasteiger partial charge in [-0.25, -0.2) is 4.68 Å². The number of rotatable bonds is 5. The van der Waals surface area contributed by atoms with E-state index in [0.29, 0.717) is 5.82 Å². The van der Waals surface area contributed by atoms with Crippen molar-refractivity contribution in [3.63, 3.8) is 0 Å². The van der Waals surface area contributed by atoms with Crippen LogP contribution in [-0.4, -0.2) is 46.9 Å². The average molecular weight is 230 g/mol. The molecule has 0 radical (unpaired) electrons. The average Bonchev–Trinajstić information content (AvgIpc) is 2.44. The lowest BCUT2D eigenvalue weighted by Gasteiger charge is -2.18. The highest BCUT2D eigenvalue weighted by Gasteiger charge is 2.18. The molecule has 0 aliphatic carbocycles. The molecule has 4 N–H and O–H groups in total. The molecule has 0 amide bonds. The Morgan fingerprint density at radius 3 is 2.12 bits per heavy atom. The van der Waals surface area contributed by atoms with Crippen LogP contribution in [0.4, 0.5) is 11.5 Å². The number of nitrogens with two attached hydrogens (primary N) is 1. The summed E-state index contributed by atoms with van der Waals surface area (Å²) in [7, 11) is 3.53. The number of hydrogen-bond acceptors (Lipinski definition) is 5. The molecular formula is C9H18N4O3. The van der Waals surface area contributed by atoms with Crippen molar-refractivity contribution in [3.05, 3.63) is 10.4 Å². The zero-order valence-electron chi connectivity index (χ0n) is 9.55. The molecule has 7 heteroatoms. The smallest absolute Gasteiger partial charge is 0.292 e. The van der Waals surface area contributed by atoms with Crippen LogP contribution in [0.2, 0.25) is 0 Å². The van der Waals surface area contributed by atoms with Gasteiger partial charge in [-0.15, -0.1) is 0 Å². The largest absolute Gasteiger partial charge is 0.394 e. The summed E-state index contributed by atoms with van der Waals surface area (Å²) in [6.07, 6.45) is 0. The van der Waals surface area contributed by atoms with E-state index >= 15 is 0 Å². The molecule has 0 saturated carbocycles. The lowest BCUT2D eigenvalue weighted by Crippen LogP contribution is -2.27. The molecule has 1 aromatic heterocycles. The first-order valence-corrected chi connectivity index (χ1v) is 5.02. The van der Waals surface area contributed by atoms with Gasteiger partial charge in [-0.05, 0) is 0 Å². The van der Waals surface area contributed by atoms with E-state index in [1.807, 2.05) is 0 Å². The van der Waals surface area contributed by atoms with Crippen molar-refractivity contribution < 1.29 is 10.2 Å². The number of anilines is 2. The molecule has 0 aromatic carbocycles. The minimum absolute atomic E-state index is 0.0974. The van der Waals surface area contributed by atoms with Crippen LogP contribution in [0.5, 0.6) is 0 Å². The molecule has 16 heavy (non-hydrogen) atoms.